The number of nitrogens with one attached hydrogen (secondary N) is 1. The number of hydrogen-bond acceptors (Lipinski definition) is 10. The number of carbonyl (C=O) groups is 2. The van der Waals surface area contributed by atoms with Gasteiger partial charge in [0.2, 0.25) is 0 Å². The molecule has 0 bridgehead atoms. The first-order valence-corrected chi connectivity index (χ1v) is 9.20. The third-order valence-electron chi connectivity index (χ3n) is 3.65. The number of aromatic nitrogens is 3. The van der Waals surface area contributed by atoms with Gasteiger partial charge in [-0.2, -0.15) is 12.6 Å². The predicted molar refractivity (Wildman–Crippen MR) is 115 cm³/mol. The number of aryl methyl sites for hydroxylation is 1. The molecule has 7 N–H and O–H groups in total. The minimum atomic E-state index is -1.02. The van der Waals surface area contributed by atoms with Crippen LogP contribution in [0, 0.1) is 17.0 Å². The quantitative estimate of drug-likeness (QED) is 0.111. The SMILES string of the molecule is CC(C)(S)[C@@H](N)C(=O)O.Cc1ncc([N+](=O)[O-])n1CCO.NNC(=O)c1ccncc1. The Bertz CT molecular complexity index is 854. The van der Waals surface area contributed by atoms with E-state index in [1.807, 2.05) is 5.43 Å². The van der Waals surface area contributed by atoms with Gasteiger partial charge < -0.3 is 26.1 Å². The Hall–Kier alpha value is -3.07. The van der Waals surface area contributed by atoms with E-state index in [1.165, 1.54) is 23.2 Å². The summed E-state index contributed by atoms with van der Waals surface area (Å²) >= 11 is 3.98. The average Bonchev–Trinajstić information content (AvgIpc) is 3.08. The highest BCUT2D eigenvalue weighted by atomic mass is 32.1. The highest BCUT2D eigenvalue weighted by Crippen LogP contribution is 2.15. The Morgan fingerprint density at radius 3 is 2.29 bits per heavy atom. The molecule has 172 valence electrons. The van der Waals surface area contributed by atoms with Gasteiger partial charge in [0.1, 0.15) is 18.8 Å². The summed E-state index contributed by atoms with van der Waals surface area (Å²) in [5.74, 6) is 4.02. The number of hydrogen-bond donors (Lipinski definition) is 6. The summed E-state index contributed by atoms with van der Waals surface area (Å²) in [6.45, 7) is 5.06. The molecule has 13 nitrogen and oxygen atoms in total. The van der Waals surface area contributed by atoms with Crippen LogP contribution in [0.4, 0.5) is 5.82 Å². The van der Waals surface area contributed by atoms with Crippen LogP contribution in [0.25, 0.3) is 0 Å². The number of aliphatic carboxylic acids is 1. The molecule has 0 aliphatic heterocycles. The maximum atomic E-state index is 10.7. The summed E-state index contributed by atoms with van der Waals surface area (Å²) in [6, 6.07) is 2.27. The lowest BCUT2D eigenvalue weighted by Crippen LogP contribution is -2.45. The smallest absolute Gasteiger partial charge is 0.342 e. The fourth-order valence-corrected chi connectivity index (χ4v) is 1.98. The predicted octanol–water partition coefficient (Wildman–Crippen LogP) is -0.116. The lowest BCUT2D eigenvalue weighted by Gasteiger charge is -2.21. The maximum Gasteiger partial charge on any atom is 0.342 e. The van der Waals surface area contributed by atoms with Gasteiger partial charge in [-0.05, 0) is 30.9 Å². The molecule has 1 amide bonds. The van der Waals surface area contributed by atoms with Crippen LogP contribution in [0.15, 0.2) is 30.7 Å². The van der Waals surface area contributed by atoms with Crippen LogP contribution in [0.2, 0.25) is 0 Å². The van der Waals surface area contributed by atoms with Gasteiger partial charge in [0.05, 0.1) is 6.61 Å². The summed E-state index contributed by atoms with van der Waals surface area (Å²) in [4.78, 5) is 38.3. The van der Waals surface area contributed by atoms with E-state index in [1.54, 1.807) is 32.9 Å². The van der Waals surface area contributed by atoms with E-state index in [0.29, 0.717) is 11.4 Å². The molecule has 2 rings (SSSR count). The van der Waals surface area contributed by atoms with Gasteiger partial charge in [-0.1, -0.05) is 0 Å². The number of nitrogens with zero attached hydrogens (tertiary/aromatic N) is 4. The van der Waals surface area contributed by atoms with Gasteiger partial charge in [0.15, 0.2) is 5.82 Å². The number of nitro groups is 1. The van der Waals surface area contributed by atoms with Gasteiger partial charge in [-0.15, -0.1) is 0 Å². The van der Waals surface area contributed by atoms with Gasteiger partial charge in [0.25, 0.3) is 5.91 Å². The molecular formula is C17H27N7O6S. The summed E-state index contributed by atoms with van der Waals surface area (Å²) in [5.41, 5.74) is 7.74. The van der Waals surface area contributed by atoms with Crippen LogP contribution in [0.1, 0.15) is 30.0 Å². The third kappa shape index (κ3) is 9.99. The molecule has 0 saturated carbocycles. The van der Waals surface area contributed by atoms with Crippen LogP contribution in [0.3, 0.4) is 0 Å². The molecule has 0 aromatic carbocycles. The molecule has 0 spiro atoms. The molecule has 0 unspecified atom stereocenters. The number of aliphatic hydroxyl groups is 1. The van der Waals surface area contributed by atoms with Gasteiger partial charge >= 0.3 is 11.8 Å². The molecule has 0 aliphatic carbocycles. The highest BCUT2D eigenvalue weighted by Gasteiger charge is 2.27. The van der Waals surface area contributed by atoms with Crippen molar-refractivity contribution in [3.05, 3.63) is 52.2 Å². The number of carbonyl (C=O) groups excluding carboxylic acids is 1. The Morgan fingerprint density at radius 1 is 1.39 bits per heavy atom. The molecule has 0 radical (unpaired) electrons. The van der Waals surface area contributed by atoms with Crippen LogP contribution in [-0.2, 0) is 11.3 Å². The van der Waals surface area contributed by atoms with E-state index in [9.17, 15) is 19.7 Å². The lowest BCUT2D eigenvalue weighted by atomic mass is 10.1. The maximum absolute atomic E-state index is 10.7. The first-order chi connectivity index (χ1) is 14.4. The van der Waals surface area contributed by atoms with Crippen LogP contribution in [-0.4, -0.2) is 58.9 Å². The minimum Gasteiger partial charge on any atom is -0.480 e. The number of imidazole rings is 1. The van der Waals surface area contributed by atoms with Crippen LogP contribution < -0.4 is 17.0 Å². The molecule has 0 fully saturated rings. The summed E-state index contributed by atoms with van der Waals surface area (Å²) < 4.78 is 0.714. The van der Waals surface area contributed by atoms with E-state index in [2.05, 4.69) is 22.6 Å². The number of carboxylic acid groups (broad SMARTS) is 1. The Morgan fingerprint density at radius 2 is 1.94 bits per heavy atom. The zero-order valence-electron chi connectivity index (χ0n) is 17.3. The van der Waals surface area contributed by atoms with Crippen molar-refractivity contribution in [1.82, 2.24) is 20.0 Å². The molecule has 0 aliphatic rings. The van der Waals surface area contributed by atoms with Crippen molar-refractivity contribution in [2.45, 2.75) is 38.1 Å². The number of nitrogens with two attached hydrogens (primary N) is 2. The Kier molecular flexibility index (Phi) is 12.0. The number of thiol groups is 1. The largest absolute Gasteiger partial charge is 0.480 e. The molecule has 14 heteroatoms. The van der Waals surface area contributed by atoms with E-state index in [4.69, 9.17) is 21.8 Å². The molecule has 31 heavy (non-hydrogen) atoms. The molecule has 2 aromatic heterocycles. The zero-order chi connectivity index (χ0) is 24.2. The molecule has 2 heterocycles. The number of rotatable bonds is 6. The molecule has 1 atom stereocenters. The third-order valence-corrected chi connectivity index (χ3v) is 3.92. The minimum absolute atomic E-state index is 0.0819. The van der Waals surface area contributed by atoms with E-state index < -0.39 is 21.7 Å². The Balaban J connectivity index is 0.000000441. The molecule has 2 aromatic rings. The first kappa shape index (κ1) is 27.9. The van der Waals surface area contributed by atoms with Gasteiger partial charge in [-0.25, -0.2) is 15.4 Å². The number of aliphatic hydroxyl groups excluding tert-OH is 1. The second-order valence-corrected chi connectivity index (χ2v) is 7.63. The van der Waals surface area contributed by atoms with Crippen molar-refractivity contribution in [3.8, 4) is 0 Å². The second kappa shape index (κ2) is 13.3. The van der Waals surface area contributed by atoms with Crippen molar-refractivity contribution < 1.29 is 24.7 Å². The normalized spacial score (nSPS) is 11.2. The Labute approximate surface area is 184 Å². The number of hydrazine groups is 1. The summed E-state index contributed by atoms with van der Waals surface area (Å²) in [5, 5.41) is 27.3. The first-order valence-electron chi connectivity index (χ1n) is 8.75. The fraction of sp³-hybridized carbons (Fsp3) is 0.412. The van der Waals surface area contributed by atoms with E-state index >= 15 is 0 Å². The number of carboxylic acids is 1. The van der Waals surface area contributed by atoms with Crippen LogP contribution in [0.5, 0.6) is 0 Å². The average molecular weight is 458 g/mol. The topological polar surface area (TPSA) is 213 Å². The van der Waals surface area contributed by atoms with Crippen molar-refractivity contribution in [2.24, 2.45) is 11.6 Å². The van der Waals surface area contributed by atoms with Gasteiger partial charge in [0, 0.05) is 29.6 Å². The van der Waals surface area contributed by atoms with Crippen molar-refractivity contribution in [1.29, 1.82) is 0 Å². The zero-order valence-corrected chi connectivity index (χ0v) is 18.2. The number of amides is 1. The molecule has 0 saturated heterocycles. The molecular weight excluding hydrogens is 430 g/mol. The summed E-state index contributed by atoms with van der Waals surface area (Å²) in [6.07, 6.45) is 4.25. The van der Waals surface area contributed by atoms with Gasteiger partial charge in [-0.3, -0.25) is 20.0 Å². The van der Waals surface area contributed by atoms with E-state index in [0.717, 1.165) is 0 Å². The second-order valence-electron chi connectivity index (χ2n) is 6.47. The fourth-order valence-electron chi connectivity index (χ4n) is 1.87. The monoisotopic (exact) mass is 457 g/mol. The number of nitrogen functional groups attached to an aromatic ring is 1. The van der Waals surface area contributed by atoms with Crippen molar-refractivity contribution >= 4 is 30.3 Å². The summed E-state index contributed by atoms with van der Waals surface area (Å²) in [7, 11) is 0. The van der Waals surface area contributed by atoms with E-state index in [-0.39, 0.29) is 24.9 Å². The lowest BCUT2D eigenvalue weighted by molar-refractivity contribution is -0.392. The number of pyridine rings is 1. The van der Waals surface area contributed by atoms with Crippen molar-refractivity contribution in [2.75, 3.05) is 6.61 Å². The standard InChI is InChI=1S/C6H9N3O3.C6H7N3O.C5H11NO2S/c1-5-7-4-6(9(11)12)8(5)2-3-10;7-9-6(10)5-1-3-8-4-2-5;1-5(2,9)3(6)4(7)8/h4,10H,2-3H2,1H3;1-4H,7H2,(H,9,10);3,9H,6H2,1-2H3,(H,7,8)/t;;3-/m..0/s1. The van der Waals surface area contributed by atoms with Crippen molar-refractivity contribution in [3.63, 3.8) is 0 Å². The highest BCUT2D eigenvalue weighted by molar-refractivity contribution is 7.81. The van der Waals surface area contributed by atoms with Crippen LogP contribution >= 0.6 is 12.6 Å².